The molecule has 7 heteroatoms. The van der Waals surface area contributed by atoms with Gasteiger partial charge in [-0.25, -0.2) is 8.42 Å². The van der Waals surface area contributed by atoms with Gasteiger partial charge in [-0.05, 0) is 38.6 Å². The van der Waals surface area contributed by atoms with Gasteiger partial charge in [-0.15, -0.1) is 0 Å². The second-order valence-electron chi connectivity index (χ2n) is 10.0. The molecule has 0 amide bonds. The van der Waals surface area contributed by atoms with E-state index in [2.05, 4.69) is 29.8 Å². The van der Waals surface area contributed by atoms with Crippen LogP contribution in [0.15, 0.2) is 29.2 Å². The number of hydrogen-bond donors (Lipinski definition) is 3. The van der Waals surface area contributed by atoms with Crippen LogP contribution in [0, 0.1) is 6.92 Å². The van der Waals surface area contributed by atoms with Crippen molar-refractivity contribution in [2.75, 3.05) is 45.9 Å². The maximum atomic E-state index is 12.8. The number of aryl methyl sites for hydroxylation is 1. The van der Waals surface area contributed by atoms with Crippen molar-refractivity contribution in [2.45, 2.75) is 109 Å². The number of benzene rings is 1. The molecule has 36 heavy (non-hydrogen) atoms. The molecule has 1 aromatic carbocycles. The highest BCUT2D eigenvalue weighted by atomic mass is 32.2. The van der Waals surface area contributed by atoms with E-state index in [1.807, 2.05) is 19.1 Å². The molecule has 1 heterocycles. The van der Waals surface area contributed by atoms with E-state index >= 15 is 0 Å². The van der Waals surface area contributed by atoms with Crippen molar-refractivity contribution in [2.24, 2.45) is 0 Å². The zero-order valence-electron chi connectivity index (χ0n) is 23.6. The molecule has 0 aliphatic carbocycles. The summed E-state index contributed by atoms with van der Waals surface area (Å²) >= 11 is 0. The molecule has 1 aromatic rings. The largest absolute Gasteiger partial charge is 0.315 e. The van der Waals surface area contributed by atoms with E-state index in [-0.39, 0.29) is 0 Å². The van der Waals surface area contributed by atoms with Gasteiger partial charge in [0.15, 0.2) is 0 Å². The monoisotopic (exact) mass is 524 g/mol. The van der Waals surface area contributed by atoms with Crippen LogP contribution in [0.2, 0.25) is 0 Å². The van der Waals surface area contributed by atoms with Gasteiger partial charge >= 0.3 is 0 Å². The molecule has 1 aliphatic heterocycles. The molecular weight excluding hydrogens is 468 g/mol. The fraction of sp³-hybridized carbons (Fsp3) is 0.793. The Kier molecular flexibility index (Phi) is 20.2. The van der Waals surface area contributed by atoms with Gasteiger partial charge in [-0.3, -0.25) is 0 Å². The number of nitrogens with zero attached hydrogens (tertiary/aromatic N) is 1. The summed E-state index contributed by atoms with van der Waals surface area (Å²) in [5.74, 6) is 0. The molecule has 3 N–H and O–H groups in total. The summed E-state index contributed by atoms with van der Waals surface area (Å²) < 4.78 is 27.0. The lowest BCUT2D eigenvalue weighted by Crippen LogP contribution is -2.44. The van der Waals surface area contributed by atoms with E-state index in [4.69, 9.17) is 0 Å². The quantitative estimate of drug-likeness (QED) is 0.283. The molecule has 0 bridgehead atoms. The summed E-state index contributed by atoms with van der Waals surface area (Å²) in [5.41, 5.74) is 1.05. The fourth-order valence-corrected chi connectivity index (χ4v) is 5.60. The van der Waals surface area contributed by atoms with Crippen molar-refractivity contribution >= 4 is 10.0 Å². The first-order chi connectivity index (χ1) is 17.5. The lowest BCUT2D eigenvalue weighted by atomic mass is 10.1. The Labute approximate surface area is 223 Å². The van der Waals surface area contributed by atoms with Crippen LogP contribution >= 0.6 is 0 Å². The van der Waals surface area contributed by atoms with Crippen molar-refractivity contribution in [3.63, 3.8) is 0 Å². The topological polar surface area (TPSA) is 73.5 Å². The lowest BCUT2D eigenvalue weighted by molar-refractivity contribution is 0.370. The van der Waals surface area contributed by atoms with Crippen LogP contribution in [-0.4, -0.2) is 58.7 Å². The average molecular weight is 525 g/mol. The van der Waals surface area contributed by atoms with Crippen LogP contribution in [0.1, 0.15) is 103 Å². The van der Waals surface area contributed by atoms with Gasteiger partial charge in [0.05, 0.1) is 11.6 Å². The van der Waals surface area contributed by atoms with Gasteiger partial charge in [-0.2, -0.15) is 4.31 Å². The van der Waals surface area contributed by atoms with E-state index < -0.39 is 10.0 Å². The normalized spacial score (nSPS) is 16.4. The summed E-state index contributed by atoms with van der Waals surface area (Å²) in [6.07, 6.45) is 18.5. The van der Waals surface area contributed by atoms with E-state index in [0.717, 1.165) is 38.2 Å². The molecule has 2 rings (SSSR count). The van der Waals surface area contributed by atoms with Crippen LogP contribution in [0.25, 0.3) is 0 Å². The zero-order chi connectivity index (χ0) is 26.3. The molecular formula is C29H56N4O2S. The first-order valence-corrected chi connectivity index (χ1v) is 16.1. The highest BCUT2D eigenvalue weighted by Gasteiger charge is 2.23. The van der Waals surface area contributed by atoms with Crippen LogP contribution in [-0.2, 0) is 10.0 Å². The molecule has 1 aliphatic rings. The summed E-state index contributed by atoms with van der Waals surface area (Å²) in [6.45, 7) is 11.5. The Morgan fingerprint density at radius 1 is 0.667 bits per heavy atom. The third kappa shape index (κ3) is 16.0. The number of rotatable bonds is 13. The van der Waals surface area contributed by atoms with E-state index in [9.17, 15) is 8.42 Å². The number of sulfonamides is 1. The molecule has 1 saturated heterocycles. The molecule has 1 fully saturated rings. The fourth-order valence-electron chi connectivity index (χ4n) is 4.23. The van der Waals surface area contributed by atoms with Crippen molar-refractivity contribution in [3.05, 3.63) is 29.8 Å². The smallest absolute Gasteiger partial charge is 0.244 e. The Bertz CT molecular complexity index is 701. The summed E-state index contributed by atoms with van der Waals surface area (Å²) in [6, 6.07) is 7.02. The maximum Gasteiger partial charge on any atom is 0.244 e. The third-order valence-corrected chi connectivity index (χ3v) is 8.49. The highest BCUT2D eigenvalue weighted by molar-refractivity contribution is 7.89. The molecule has 210 valence electrons. The third-order valence-electron chi connectivity index (χ3n) is 6.63. The minimum absolute atomic E-state index is 0.333. The number of hydrogen-bond acceptors (Lipinski definition) is 5. The number of unbranched alkanes of at least 4 members (excludes halogenated alkanes) is 11. The molecule has 0 radical (unpaired) electrons. The SMILES string of the molecule is CCCCCCCCCCCCCC.Cc1ccc(S(=O)(=O)N2CCNCCCNCCNC2)cc1. The van der Waals surface area contributed by atoms with Crippen molar-refractivity contribution in [3.8, 4) is 0 Å². The van der Waals surface area contributed by atoms with Crippen molar-refractivity contribution < 1.29 is 8.42 Å². The Hall–Kier alpha value is -0.990. The van der Waals surface area contributed by atoms with Crippen LogP contribution in [0.4, 0.5) is 0 Å². The second kappa shape index (κ2) is 22.0. The maximum absolute atomic E-state index is 12.8. The lowest BCUT2D eigenvalue weighted by Gasteiger charge is -2.23. The molecule has 0 spiro atoms. The van der Waals surface area contributed by atoms with Gasteiger partial charge in [0.2, 0.25) is 10.0 Å². The molecule has 0 saturated carbocycles. The minimum atomic E-state index is -3.46. The first kappa shape index (κ1) is 33.0. The van der Waals surface area contributed by atoms with E-state index in [0.29, 0.717) is 24.7 Å². The summed E-state index contributed by atoms with van der Waals surface area (Å²) in [7, 11) is -3.46. The molecule has 0 atom stereocenters. The predicted octanol–water partition coefficient (Wildman–Crippen LogP) is 5.82. The Morgan fingerprint density at radius 3 is 1.67 bits per heavy atom. The molecule has 6 nitrogen and oxygen atoms in total. The number of nitrogens with one attached hydrogen (secondary N) is 3. The van der Waals surface area contributed by atoms with Crippen LogP contribution < -0.4 is 16.0 Å². The first-order valence-electron chi connectivity index (χ1n) is 14.7. The van der Waals surface area contributed by atoms with Crippen LogP contribution in [0.3, 0.4) is 0 Å². The van der Waals surface area contributed by atoms with Crippen molar-refractivity contribution in [1.29, 1.82) is 0 Å². The Morgan fingerprint density at radius 2 is 1.14 bits per heavy atom. The van der Waals surface area contributed by atoms with Gasteiger partial charge in [0, 0.05) is 26.2 Å². The van der Waals surface area contributed by atoms with E-state index in [1.165, 1.54) is 81.4 Å². The van der Waals surface area contributed by atoms with Gasteiger partial charge < -0.3 is 16.0 Å². The standard InChI is InChI=1S/C15H26N4O2S.C14H30/c1-14-3-5-15(6-4-14)22(20,21)19-12-11-17-8-2-7-16-9-10-18-13-19;1-3-5-7-9-11-13-14-12-10-8-6-4-2/h3-6,16-18H,2,7-13H2,1H3;3-14H2,1-2H3. The average Bonchev–Trinajstić information content (AvgIpc) is 2.86. The van der Waals surface area contributed by atoms with Crippen LogP contribution in [0.5, 0.6) is 0 Å². The molecule has 0 unspecified atom stereocenters. The molecule has 0 aromatic heterocycles. The Balaban J connectivity index is 0.000000402. The van der Waals surface area contributed by atoms with Crippen molar-refractivity contribution in [1.82, 2.24) is 20.3 Å². The van der Waals surface area contributed by atoms with Gasteiger partial charge in [0.25, 0.3) is 0 Å². The second-order valence-corrected chi connectivity index (χ2v) is 12.0. The van der Waals surface area contributed by atoms with E-state index in [1.54, 1.807) is 12.1 Å². The highest BCUT2D eigenvalue weighted by Crippen LogP contribution is 2.15. The predicted molar refractivity (Wildman–Crippen MR) is 155 cm³/mol. The minimum Gasteiger partial charge on any atom is -0.315 e. The summed E-state index contributed by atoms with van der Waals surface area (Å²) in [4.78, 5) is 0.352. The van der Waals surface area contributed by atoms with Gasteiger partial charge in [0.1, 0.15) is 0 Å². The zero-order valence-corrected chi connectivity index (χ0v) is 24.4. The van der Waals surface area contributed by atoms with Gasteiger partial charge in [-0.1, -0.05) is 109 Å². The summed E-state index contributed by atoms with van der Waals surface area (Å²) in [5, 5.41) is 9.81.